The van der Waals surface area contributed by atoms with Gasteiger partial charge in [-0.05, 0) is 36.8 Å². The second-order valence-electron chi connectivity index (χ2n) is 7.18. The summed E-state index contributed by atoms with van der Waals surface area (Å²) in [5.41, 5.74) is 0.837. The molecule has 32 heavy (non-hydrogen) atoms. The SMILES string of the molecule is Cl.O=C(COc1ccccc1F)N(CCCN1CCOCC1)c1nc2ccc(Br)cc2s1. The molecule has 1 aliphatic rings. The molecule has 0 bridgehead atoms. The molecule has 1 aliphatic heterocycles. The van der Waals surface area contributed by atoms with Crippen LogP contribution in [0.25, 0.3) is 10.2 Å². The van der Waals surface area contributed by atoms with Crippen molar-refractivity contribution in [3.05, 3.63) is 52.8 Å². The number of halogens is 3. The second-order valence-corrected chi connectivity index (χ2v) is 9.11. The van der Waals surface area contributed by atoms with E-state index >= 15 is 0 Å². The van der Waals surface area contributed by atoms with Crippen LogP contribution < -0.4 is 9.64 Å². The monoisotopic (exact) mass is 543 g/mol. The fourth-order valence-corrected chi connectivity index (χ4v) is 4.95. The number of carbonyl (C=O) groups is 1. The van der Waals surface area contributed by atoms with Crippen LogP contribution in [0.1, 0.15) is 6.42 Å². The number of hydrogen-bond donors (Lipinski definition) is 0. The Labute approximate surface area is 204 Å². The van der Waals surface area contributed by atoms with Gasteiger partial charge < -0.3 is 9.47 Å². The van der Waals surface area contributed by atoms with E-state index in [1.165, 1.54) is 23.5 Å². The van der Waals surface area contributed by atoms with Crippen LogP contribution in [0.5, 0.6) is 5.75 Å². The van der Waals surface area contributed by atoms with Gasteiger partial charge in [-0.1, -0.05) is 39.4 Å². The van der Waals surface area contributed by atoms with E-state index in [9.17, 15) is 9.18 Å². The van der Waals surface area contributed by atoms with Gasteiger partial charge in [0, 0.05) is 30.7 Å². The van der Waals surface area contributed by atoms with E-state index in [2.05, 4.69) is 25.8 Å². The van der Waals surface area contributed by atoms with Crippen LogP contribution in [-0.4, -0.2) is 61.8 Å². The topological polar surface area (TPSA) is 54.9 Å². The first kappa shape index (κ1) is 24.9. The highest BCUT2D eigenvalue weighted by Crippen LogP contribution is 2.31. The number of anilines is 1. The van der Waals surface area contributed by atoms with Crippen LogP contribution in [0, 0.1) is 5.82 Å². The maximum absolute atomic E-state index is 13.9. The first-order valence-electron chi connectivity index (χ1n) is 10.1. The van der Waals surface area contributed by atoms with Crippen molar-refractivity contribution in [3.63, 3.8) is 0 Å². The third-order valence-electron chi connectivity index (χ3n) is 5.02. The smallest absolute Gasteiger partial charge is 0.266 e. The minimum absolute atomic E-state index is 0. The van der Waals surface area contributed by atoms with Crippen LogP contribution >= 0.6 is 39.7 Å². The molecule has 0 unspecified atom stereocenters. The number of aromatic nitrogens is 1. The highest BCUT2D eigenvalue weighted by molar-refractivity contribution is 9.10. The van der Waals surface area contributed by atoms with Crippen molar-refractivity contribution in [3.8, 4) is 5.75 Å². The van der Waals surface area contributed by atoms with E-state index in [-0.39, 0.29) is 30.7 Å². The molecule has 0 spiro atoms. The van der Waals surface area contributed by atoms with E-state index in [4.69, 9.17) is 9.47 Å². The number of ether oxygens (including phenoxy) is 2. The fraction of sp³-hybridized carbons (Fsp3) is 0.364. The molecular formula is C22H24BrClFN3O3S. The molecular weight excluding hydrogens is 521 g/mol. The Hall–Kier alpha value is -1.78. The molecule has 172 valence electrons. The number of rotatable bonds is 8. The molecule has 0 radical (unpaired) electrons. The maximum atomic E-state index is 13.9. The number of hydrogen-bond acceptors (Lipinski definition) is 6. The van der Waals surface area contributed by atoms with Crippen molar-refractivity contribution in [2.75, 3.05) is 50.9 Å². The van der Waals surface area contributed by atoms with E-state index in [0.29, 0.717) is 11.7 Å². The molecule has 2 heterocycles. The fourth-order valence-electron chi connectivity index (χ4n) is 3.39. The summed E-state index contributed by atoms with van der Waals surface area (Å²) in [7, 11) is 0. The summed E-state index contributed by atoms with van der Waals surface area (Å²) >= 11 is 4.94. The highest BCUT2D eigenvalue weighted by atomic mass is 79.9. The van der Waals surface area contributed by atoms with Gasteiger partial charge in [0.05, 0.1) is 23.4 Å². The lowest BCUT2D eigenvalue weighted by Gasteiger charge is -2.27. The first-order valence-corrected chi connectivity index (χ1v) is 11.7. The molecule has 1 saturated heterocycles. The predicted octanol–water partition coefficient (Wildman–Crippen LogP) is 4.75. The van der Waals surface area contributed by atoms with Gasteiger partial charge in [0.25, 0.3) is 5.91 Å². The van der Waals surface area contributed by atoms with Gasteiger partial charge in [0.15, 0.2) is 23.3 Å². The Morgan fingerprint density at radius 3 is 2.81 bits per heavy atom. The Morgan fingerprint density at radius 2 is 2.03 bits per heavy atom. The number of benzene rings is 2. The number of carbonyl (C=O) groups excluding carboxylic acids is 1. The minimum Gasteiger partial charge on any atom is -0.481 e. The zero-order valence-electron chi connectivity index (χ0n) is 17.3. The molecule has 1 amide bonds. The Bertz CT molecular complexity index is 1050. The quantitative estimate of drug-likeness (QED) is 0.410. The number of para-hydroxylation sites is 1. The molecule has 1 aromatic heterocycles. The largest absolute Gasteiger partial charge is 0.481 e. The van der Waals surface area contributed by atoms with Crippen LogP contribution in [0.2, 0.25) is 0 Å². The molecule has 1 fully saturated rings. The van der Waals surface area contributed by atoms with Gasteiger partial charge in [-0.25, -0.2) is 9.37 Å². The van der Waals surface area contributed by atoms with Gasteiger partial charge in [0.1, 0.15) is 0 Å². The van der Waals surface area contributed by atoms with Crippen LogP contribution in [0.4, 0.5) is 9.52 Å². The Balaban J connectivity index is 0.00000289. The number of fused-ring (bicyclic) bond motifs is 1. The number of nitrogens with zero attached hydrogens (tertiary/aromatic N) is 3. The predicted molar refractivity (Wildman–Crippen MR) is 131 cm³/mol. The van der Waals surface area contributed by atoms with Crippen molar-refractivity contribution in [1.29, 1.82) is 0 Å². The zero-order valence-corrected chi connectivity index (χ0v) is 20.6. The van der Waals surface area contributed by atoms with Crippen molar-refractivity contribution >= 4 is 60.9 Å². The highest BCUT2D eigenvalue weighted by Gasteiger charge is 2.21. The van der Waals surface area contributed by atoms with E-state index in [1.807, 2.05) is 18.2 Å². The maximum Gasteiger partial charge on any atom is 0.266 e. The van der Waals surface area contributed by atoms with Crippen molar-refractivity contribution in [2.24, 2.45) is 0 Å². The third-order valence-corrected chi connectivity index (χ3v) is 6.55. The van der Waals surface area contributed by atoms with Gasteiger partial charge in [-0.2, -0.15) is 0 Å². The molecule has 4 rings (SSSR count). The summed E-state index contributed by atoms with van der Waals surface area (Å²) in [5, 5.41) is 0.622. The average molecular weight is 545 g/mol. The van der Waals surface area contributed by atoms with Crippen LogP contribution in [0.3, 0.4) is 0 Å². The average Bonchev–Trinajstić information content (AvgIpc) is 3.19. The molecule has 0 saturated carbocycles. The summed E-state index contributed by atoms with van der Waals surface area (Å²) in [6, 6.07) is 11.9. The van der Waals surface area contributed by atoms with Crippen LogP contribution in [0.15, 0.2) is 46.9 Å². The zero-order chi connectivity index (χ0) is 21.6. The van der Waals surface area contributed by atoms with Crippen molar-refractivity contribution < 1.29 is 18.7 Å². The second kappa shape index (κ2) is 11.9. The van der Waals surface area contributed by atoms with Gasteiger partial charge in [-0.15, -0.1) is 12.4 Å². The van der Waals surface area contributed by atoms with E-state index in [0.717, 1.165) is 54.0 Å². The lowest BCUT2D eigenvalue weighted by molar-refractivity contribution is -0.120. The number of thiazole rings is 1. The van der Waals surface area contributed by atoms with Crippen molar-refractivity contribution in [2.45, 2.75) is 6.42 Å². The van der Waals surface area contributed by atoms with Crippen LogP contribution in [-0.2, 0) is 9.53 Å². The lowest BCUT2D eigenvalue weighted by atomic mass is 10.3. The van der Waals surface area contributed by atoms with Crippen molar-refractivity contribution in [1.82, 2.24) is 9.88 Å². The molecule has 0 N–H and O–H groups in total. The van der Waals surface area contributed by atoms with E-state index < -0.39 is 5.82 Å². The Morgan fingerprint density at radius 1 is 1.25 bits per heavy atom. The van der Waals surface area contributed by atoms with E-state index in [1.54, 1.807) is 17.0 Å². The summed E-state index contributed by atoms with van der Waals surface area (Å²) in [6.45, 7) is 4.42. The lowest BCUT2D eigenvalue weighted by Crippen LogP contribution is -2.40. The molecule has 3 aromatic rings. The Kier molecular flexibility index (Phi) is 9.24. The summed E-state index contributed by atoms with van der Waals surface area (Å²) < 4.78 is 26.7. The number of morpholine rings is 1. The standard InChI is InChI=1S/C22H23BrFN3O3S.ClH/c23-16-6-7-18-20(14-16)31-22(25-18)27(9-3-8-26-10-12-29-13-11-26)21(28)15-30-19-5-2-1-4-17(19)24;/h1-2,4-7,14H,3,8-13,15H2;1H. The molecule has 0 atom stereocenters. The van der Waals surface area contributed by atoms with Gasteiger partial charge in [-0.3, -0.25) is 14.6 Å². The molecule has 0 aliphatic carbocycles. The summed E-state index contributed by atoms with van der Waals surface area (Å²) in [4.78, 5) is 21.7. The number of amides is 1. The van der Waals surface area contributed by atoms with Gasteiger partial charge in [0.2, 0.25) is 0 Å². The molecule has 2 aromatic carbocycles. The summed E-state index contributed by atoms with van der Waals surface area (Å²) in [5.74, 6) is -0.667. The summed E-state index contributed by atoms with van der Waals surface area (Å²) in [6.07, 6.45) is 0.797. The normalized spacial score (nSPS) is 14.2. The van der Waals surface area contributed by atoms with Gasteiger partial charge >= 0.3 is 0 Å². The molecule has 6 nitrogen and oxygen atoms in total. The third kappa shape index (κ3) is 6.39. The minimum atomic E-state index is -0.487. The molecule has 10 heteroatoms. The first-order chi connectivity index (χ1) is 15.1.